The Hall–Kier alpha value is -2.96. The van der Waals surface area contributed by atoms with Crippen molar-refractivity contribution in [3.05, 3.63) is 42.1 Å². The van der Waals surface area contributed by atoms with Crippen molar-refractivity contribution in [2.24, 2.45) is 0 Å². The molecule has 0 aliphatic carbocycles. The number of ether oxygens (including phenoxy) is 2. The van der Waals surface area contributed by atoms with Crippen LogP contribution >= 0.6 is 0 Å². The molecule has 1 aliphatic rings. The molecule has 0 saturated carbocycles. The first-order valence-corrected chi connectivity index (χ1v) is 8.96. The average Bonchev–Trinajstić information content (AvgIpc) is 3.17. The zero-order valence-corrected chi connectivity index (χ0v) is 16.2. The molecule has 27 heavy (non-hydrogen) atoms. The van der Waals surface area contributed by atoms with Crippen LogP contribution in [0.2, 0.25) is 0 Å². The van der Waals surface area contributed by atoms with Crippen LogP contribution in [0.25, 0.3) is 0 Å². The normalized spacial score (nSPS) is 16.1. The fraction of sp³-hybridized carbons (Fsp3) is 0.400. The number of carbonyl (C=O) groups is 1. The summed E-state index contributed by atoms with van der Waals surface area (Å²) in [7, 11) is 7.17. The fourth-order valence-corrected chi connectivity index (χ4v) is 3.34. The van der Waals surface area contributed by atoms with E-state index in [1.54, 1.807) is 20.4 Å². The third-order valence-corrected chi connectivity index (χ3v) is 4.81. The van der Waals surface area contributed by atoms with Gasteiger partial charge in [-0.1, -0.05) is 0 Å². The number of amides is 2. The van der Waals surface area contributed by atoms with E-state index in [1.807, 2.05) is 54.2 Å². The highest BCUT2D eigenvalue weighted by atomic mass is 16.5. The molecule has 7 heteroatoms. The number of benzene rings is 1. The molecule has 0 unspecified atom stereocenters. The Labute approximate surface area is 159 Å². The number of hydrogen-bond acceptors (Lipinski definition) is 5. The summed E-state index contributed by atoms with van der Waals surface area (Å²) in [5.41, 5.74) is 1.94. The van der Waals surface area contributed by atoms with Crippen molar-refractivity contribution in [3.63, 3.8) is 0 Å². The molecule has 2 heterocycles. The quantitative estimate of drug-likeness (QED) is 0.872. The smallest absolute Gasteiger partial charge is 0.323 e. The first-order valence-electron chi connectivity index (χ1n) is 8.96. The van der Waals surface area contributed by atoms with E-state index >= 15 is 0 Å². The van der Waals surface area contributed by atoms with E-state index in [4.69, 9.17) is 9.47 Å². The molecule has 1 fully saturated rings. The van der Waals surface area contributed by atoms with Crippen molar-refractivity contribution in [1.29, 1.82) is 0 Å². The number of anilines is 2. The van der Waals surface area contributed by atoms with E-state index in [0.717, 1.165) is 35.6 Å². The highest BCUT2D eigenvalue weighted by molar-refractivity contribution is 5.89. The second kappa shape index (κ2) is 8.16. The van der Waals surface area contributed by atoms with Crippen LogP contribution < -0.4 is 19.7 Å². The summed E-state index contributed by atoms with van der Waals surface area (Å²) in [4.78, 5) is 21.0. The molecule has 1 atom stereocenters. The Morgan fingerprint density at radius 1 is 1.22 bits per heavy atom. The molecule has 1 N–H and O–H groups in total. The van der Waals surface area contributed by atoms with Crippen LogP contribution in [0.4, 0.5) is 16.3 Å². The van der Waals surface area contributed by atoms with E-state index in [-0.39, 0.29) is 12.1 Å². The maximum Gasteiger partial charge on any atom is 0.323 e. The number of nitrogens with one attached hydrogen (secondary N) is 1. The number of hydrogen-bond donors (Lipinski definition) is 1. The van der Waals surface area contributed by atoms with Gasteiger partial charge < -0.3 is 19.3 Å². The summed E-state index contributed by atoms with van der Waals surface area (Å²) in [6.07, 6.45) is 3.55. The maximum absolute atomic E-state index is 12.9. The van der Waals surface area contributed by atoms with E-state index in [2.05, 4.69) is 10.3 Å². The summed E-state index contributed by atoms with van der Waals surface area (Å²) in [5, 5.41) is 2.90. The van der Waals surface area contributed by atoms with E-state index in [1.165, 1.54) is 0 Å². The zero-order valence-electron chi connectivity index (χ0n) is 16.2. The minimum atomic E-state index is -0.160. The van der Waals surface area contributed by atoms with Crippen LogP contribution in [-0.4, -0.2) is 50.8 Å². The van der Waals surface area contributed by atoms with Gasteiger partial charge in [-0.05, 0) is 43.2 Å². The highest BCUT2D eigenvalue weighted by Gasteiger charge is 2.32. The number of aromatic nitrogens is 1. The minimum absolute atomic E-state index is 0.0592. The van der Waals surface area contributed by atoms with Crippen molar-refractivity contribution in [2.75, 3.05) is 45.1 Å². The Morgan fingerprint density at radius 2 is 2.04 bits per heavy atom. The van der Waals surface area contributed by atoms with Crippen molar-refractivity contribution < 1.29 is 14.3 Å². The molecular formula is C20H26N4O3. The van der Waals surface area contributed by atoms with Crippen molar-refractivity contribution in [3.8, 4) is 11.5 Å². The molecule has 1 aliphatic heterocycles. The van der Waals surface area contributed by atoms with Crippen LogP contribution in [0.15, 0.2) is 36.5 Å². The highest BCUT2D eigenvalue weighted by Crippen LogP contribution is 2.39. The summed E-state index contributed by atoms with van der Waals surface area (Å²) in [6.45, 7) is 0.687. The summed E-state index contributed by atoms with van der Waals surface area (Å²) in [6, 6.07) is 9.20. The fourth-order valence-electron chi connectivity index (χ4n) is 3.34. The largest absolute Gasteiger partial charge is 0.497 e. The molecule has 0 radical (unpaired) electrons. The number of likely N-dealkylation sites (tertiary alicyclic amines) is 1. The molecule has 2 amide bonds. The minimum Gasteiger partial charge on any atom is -0.497 e. The number of urea groups is 1. The zero-order chi connectivity index (χ0) is 19.4. The monoisotopic (exact) mass is 370 g/mol. The van der Waals surface area contributed by atoms with Crippen LogP contribution in [0.5, 0.6) is 11.5 Å². The van der Waals surface area contributed by atoms with Gasteiger partial charge in [-0.25, -0.2) is 9.78 Å². The van der Waals surface area contributed by atoms with Crippen LogP contribution in [0, 0.1) is 0 Å². The Balaban J connectivity index is 1.78. The van der Waals surface area contributed by atoms with Gasteiger partial charge >= 0.3 is 6.03 Å². The SMILES string of the molecule is COc1ccc(OC)c([C@H]2CCCN2C(=O)Nc2ccc(N(C)C)cn2)c1. The summed E-state index contributed by atoms with van der Waals surface area (Å²) in [5.74, 6) is 2.04. The Morgan fingerprint density at radius 3 is 2.67 bits per heavy atom. The lowest BCUT2D eigenvalue weighted by Gasteiger charge is -2.26. The van der Waals surface area contributed by atoms with E-state index < -0.39 is 0 Å². The number of methoxy groups -OCH3 is 2. The maximum atomic E-state index is 12.9. The predicted molar refractivity (Wildman–Crippen MR) is 106 cm³/mol. The molecule has 0 bridgehead atoms. The molecule has 7 nitrogen and oxygen atoms in total. The van der Waals surface area contributed by atoms with E-state index in [9.17, 15) is 4.79 Å². The van der Waals surface area contributed by atoms with Crippen LogP contribution in [-0.2, 0) is 0 Å². The summed E-state index contributed by atoms with van der Waals surface area (Å²) < 4.78 is 10.9. The summed E-state index contributed by atoms with van der Waals surface area (Å²) >= 11 is 0. The number of pyridine rings is 1. The van der Waals surface area contributed by atoms with Crippen molar-refractivity contribution in [1.82, 2.24) is 9.88 Å². The van der Waals surface area contributed by atoms with Gasteiger partial charge in [-0.3, -0.25) is 5.32 Å². The predicted octanol–water partition coefficient (Wildman–Crippen LogP) is 3.53. The molecule has 1 aromatic heterocycles. The lowest BCUT2D eigenvalue weighted by molar-refractivity contribution is 0.206. The molecule has 3 rings (SSSR count). The second-order valence-corrected chi connectivity index (χ2v) is 6.69. The molecule has 0 spiro atoms. The van der Waals surface area contributed by atoms with Gasteiger partial charge in [0.1, 0.15) is 17.3 Å². The number of rotatable bonds is 5. The van der Waals surface area contributed by atoms with E-state index in [0.29, 0.717) is 12.4 Å². The van der Waals surface area contributed by atoms with Gasteiger partial charge in [0.15, 0.2) is 0 Å². The van der Waals surface area contributed by atoms with Crippen LogP contribution in [0.3, 0.4) is 0 Å². The average molecular weight is 370 g/mol. The number of nitrogens with zero attached hydrogens (tertiary/aromatic N) is 3. The molecule has 2 aromatic rings. The van der Waals surface area contributed by atoms with Crippen LogP contribution in [0.1, 0.15) is 24.4 Å². The standard InChI is InChI=1S/C20H26N4O3/c1-23(2)14-7-10-19(21-13-14)22-20(25)24-11-5-6-17(24)16-12-15(26-3)8-9-18(16)27-4/h7-10,12-13,17H,5-6,11H2,1-4H3,(H,21,22,25)/t17-/m1/s1. The lowest BCUT2D eigenvalue weighted by Crippen LogP contribution is -2.34. The first-order chi connectivity index (χ1) is 13.0. The second-order valence-electron chi connectivity index (χ2n) is 6.69. The van der Waals surface area contributed by atoms with Gasteiger partial charge in [0, 0.05) is 26.2 Å². The van der Waals surface area contributed by atoms with Gasteiger partial charge in [0.25, 0.3) is 0 Å². The van der Waals surface area contributed by atoms with Gasteiger partial charge in [-0.2, -0.15) is 0 Å². The number of carbonyl (C=O) groups excluding carboxylic acids is 1. The lowest BCUT2D eigenvalue weighted by atomic mass is 10.0. The third-order valence-electron chi connectivity index (χ3n) is 4.81. The molecule has 1 saturated heterocycles. The first kappa shape index (κ1) is 18.8. The van der Waals surface area contributed by atoms with Gasteiger partial charge in [0.05, 0.1) is 32.1 Å². The van der Waals surface area contributed by atoms with Crippen molar-refractivity contribution >= 4 is 17.5 Å². The van der Waals surface area contributed by atoms with Gasteiger partial charge in [-0.15, -0.1) is 0 Å². The Kier molecular flexibility index (Phi) is 5.69. The topological polar surface area (TPSA) is 66.9 Å². The Bertz CT molecular complexity index is 792. The van der Waals surface area contributed by atoms with Crippen molar-refractivity contribution in [2.45, 2.75) is 18.9 Å². The molecule has 1 aromatic carbocycles. The third kappa shape index (κ3) is 4.07. The molecule has 144 valence electrons. The molecular weight excluding hydrogens is 344 g/mol. The van der Waals surface area contributed by atoms with Gasteiger partial charge in [0.2, 0.25) is 0 Å².